The highest BCUT2D eigenvalue weighted by atomic mass is 79.9. The summed E-state index contributed by atoms with van der Waals surface area (Å²) in [5.74, 6) is 1.57. The highest BCUT2D eigenvalue weighted by Gasteiger charge is 2.34. The van der Waals surface area contributed by atoms with E-state index in [0.717, 1.165) is 22.5 Å². The van der Waals surface area contributed by atoms with Gasteiger partial charge in [-0.3, -0.25) is 0 Å². The van der Waals surface area contributed by atoms with Gasteiger partial charge in [-0.15, -0.1) is 0 Å². The summed E-state index contributed by atoms with van der Waals surface area (Å²) < 4.78 is 12.0. The Kier molecular flexibility index (Phi) is 5.33. The summed E-state index contributed by atoms with van der Waals surface area (Å²) >= 11 is 3.58. The number of rotatable bonds is 7. The van der Waals surface area contributed by atoms with E-state index in [1.165, 1.54) is 31.2 Å². The zero-order valence-electron chi connectivity index (χ0n) is 12.6. The molecule has 0 spiro atoms. The van der Waals surface area contributed by atoms with Crippen LogP contribution in [0.25, 0.3) is 0 Å². The molecule has 1 saturated carbocycles. The van der Waals surface area contributed by atoms with Crippen LogP contribution >= 0.6 is 15.9 Å². The summed E-state index contributed by atoms with van der Waals surface area (Å²) in [7, 11) is 1.68. The molecular formula is C16H24BrNO2. The summed E-state index contributed by atoms with van der Waals surface area (Å²) in [5, 5.41) is 3.71. The molecule has 0 unspecified atom stereocenters. The van der Waals surface area contributed by atoms with Crippen molar-refractivity contribution in [2.75, 3.05) is 13.7 Å². The molecule has 1 aliphatic carbocycles. The van der Waals surface area contributed by atoms with Gasteiger partial charge in [0.15, 0.2) is 11.5 Å². The second kappa shape index (κ2) is 6.81. The Bertz CT molecular complexity index is 453. The molecule has 0 heterocycles. The molecule has 0 atom stereocenters. The number of methoxy groups -OCH3 is 1. The summed E-state index contributed by atoms with van der Waals surface area (Å²) in [6.45, 7) is 5.74. The summed E-state index contributed by atoms with van der Waals surface area (Å²) in [6.07, 6.45) is 5.12. The van der Waals surface area contributed by atoms with Crippen LogP contribution in [0.15, 0.2) is 16.6 Å². The fourth-order valence-electron chi connectivity index (χ4n) is 2.71. The van der Waals surface area contributed by atoms with Gasteiger partial charge in [-0.05, 0) is 66.2 Å². The monoisotopic (exact) mass is 341 g/mol. The Morgan fingerprint density at radius 1 is 1.30 bits per heavy atom. The second-order valence-corrected chi connectivity index (χ2v) is 6.24. The summed E-state index contributed by atoms with van der Waals surface area (Å²) in [5.41, 5.74) is 1.58. The van der Waals surface area contributed by atoms with Gasteiger partial charge in [0.05, 0.1) is 18.2 Å². The average Bonchev–Trinajstić information content (AvgIpc) is 2.40. The molecule has 3 nitrogen and oxygen atoms in total. The lowest BCUT2D eigenvalue weighted by molar-refractivity contribution is 0.175. The molecule has 0 amide bonds. The fraction of sp³-hybridized carbons (Fsp3) is 0.625. The van der Waals surface area contributed by atoms with E-state index in [0.29, 0.717) is 12.1 Å². The zero-order chi connectivity index (χ0) is 14.6. The van der Waals surface area contributed by atoms with Gasteiger partial charge < -0.3 is 14.8 Å². The predicted molar refractivity (Wildman–Crippen MR) is 85.6 cm³/mol. The van der Waals surface area contributed by atoms with Crippen LogP contribution in [0, 0.1) is 0 Å². The molecule has 1 fully saturated rings. The first-order chi connectivity index (χ1) is 9.64. The second-order valence-electron chi connectivity index (χ2n) is 5.38. The lowest BCUT2D eigenvalue weighted by Gasteiger charge is -2.42. The Morgan fingerprint density at radius 3 is 2.55 bits per heavy atom. The molecule has 1 N–H and O–H groups in total. The van der Waals surface area contributed by atoms with Gasteiger partial charge in [-0.1, -0.05) is 6.92 Å². The van der Waals surface area contributed by atoms with E-state index in [2.05, 4.69) is 40.3 Å². The minimum absolute atomic E-state index is 0.359. The average molecular weight is 342 g/mol. The molecule has 0 aromatic heterocycles. The fourth-order valence-corrected chi connectivity index (χ4v) is 3.31. The quantitative estimate of drug-likeness (QED) is 0.802. The van der Waals surface area contributed by atoms with Gasteiger partial charge >= 0.3 is 0 Å². The van der Waals surface area contributed by atoms with Crippen molar-refractivity contribution < 1.29 is 9.47 Å². The molecule has 1 aromatic carbocycles. The van der Waals surface area contributed by atoms with Crippen LogP contribution in [0.2, 0.25) is 0 Å². The molecule has 0 saturated heterocycles. The van der Waals surface area contributed by atoms with E-state index in [-0.39, 0.29) is 0 Å². The van der Waals surface area contributed by atoms with Gasteiger partial charge in [-0.2, -0.15) is 0 Å². The van der Waals surface area contributed by atoms with Crippen molar-refractivity contribution in [3.63, 3.8) is 0 Å². The number of hydrogen-bond donors (Lipinski definition) is 1. The van der Waals surface area contributed by atoms with Crippen molar-refractivity contribution in [2.24, 2.45) is 0 Å². The number of benzene rings is 1. The number of nitrogens with one attached hydrogen (secondary N) is 1. The molecule has 1 aliphatic rings. The summed E-state index contributed by atoms with van der Waals surface area (Å²) in [4.78, 5) is 0. The van der Waals surface area contributed by atoms with Gasteiger partial charge in [0, 0.05) is 12.1 Å². The van der Waals surface area contributed by atoms with Crippen molar-refractivity contribution in [1.82, 2.24) is 5.32 Å². The molecule has 1 aromatic rings. The minimum atomic E-state index is 0.359. The van der Waals surface area contributed by atoms with Gasteiger partial charge in [0.2, 0.25) is 0 Å². The van der Waals surface area contributed by atoms with E-state index in [9.17, 15) is 0 Å². The van der Waals surface area contributed by atoms with Crippen LogP contribution in [-0.4, -0.2) is 19.3 Å². The zero-order valence-corrected chi connectivity index (χ0v) is 14.2. The first kappa shape index (κ1) is 15.6. The lowest BCUT2D eigenvalue weighted by Crippen LogP contribution is -2.49. The maximum Gasteiger partial charge on any atom is 0.175 e. The van der Waals surface area contributed by atoms with E-state index in [1.54, 1.807) is 7.11 Å². The van der Waals surface area contributed by atoms with Crippen molar-refractivity contribution in [3.8, 4) is 11.5 Å². The van der Waals surface area contributed by atoms with E-state index < -0.39 is 0 Å². The van der Waals surface area contributed by atoms with Crippen molar-refractivity contribution in [1.29, 1.82) is 0 Å². The first-order valence-electron chi connectivity index (χ1n) is 7.38. The molecule has 20 heavy (non-hydrogen) atoms. The van der Waals surface area contributed by atoms with E-state index in [1.807, 2.05) is 6.92 Å². The lowest BCUT2D eigenvalue weighted by atomic mass is 9.75. The Balaban J connectivity index is 2.10. The topological polar surface area (TPSA) is 30.5 Å². The predicted octanol–water partition coefficient (Wildman–Crippen LogP) is 4.28. The van der Waals surface area contributed by atoms with Crippen LogP contribution in [0.5, 0.6) is 11.5 Å². The Morgan fingerprint density at radius 2 is 2.05 bits per heavy atom. The van der Waals surface area contributed by atoms with Crippen LogP contribution < -0.4 is 14.8 Å². The van der Waals surface area contributed by atoms with Crippen LogP contribution in [0.3, 0.4) is 0 Å². The van der Waals surface area contributed by atoms with E-state index in [4.69, 9.17) is 9.47 Å². The van der Waals surface area contributed by atoms with Crippen LogP contribution in [0.1, 0.15) is 45.1 Å². The maximum absolute atomic E-state index is 5.62. The molecule has 0 aliphatic heterocycles. The molecule has 2 rings (SSSR count). The number of hydrogen-bond acceptors (Lipinski definition) is 3. The molecule has 4 heteroatoms. The Labute approximate surface area is 130 Å². The standard InChI is InChI=1S/C16H24BrNO2/c1-4-16(7-6-8-16)18-11-12-9-13(17)15(20-5-2)14(10-12)19-3/h9-10,18H,4-8,11H2,1-3H3. The molecule has 0 bridgehead atoms. The van der Waals surface area contributed by atoms with Gasteiger partial charge in [0.25, 0.3) is 0 Å². The summed E-state index contributed by atoms with van der Waals surface area (Å²) in [6, 6.07) is 4.17. The third kappa shape index (κ3) is 3.29. The van der Waals surface area contributed by atoms with Gasteiger partial charge in [0.1, 0.15) is 0 Å². The first-order valence-corrected chi connectivity index (χ1v) is 8.17. The third-order valence-corrected chi connectivity index (χ3v) is 4.82. The van der Waals surface area contributed by atoms with Crippen molar-refractivity contribution in [3.05, 3.63) is 22.2 Å². The maximum atomic E-state index is 5.62. The largest absolute Gasteiger partial charge is 0.493 e. The van der Waals surface area contributed by atoms with Crippen LogP contribution in [0.4, 0.5) is 0 Å². The minimum Gasteiger partial charge on any atom is -0.493 e. The van der Waals surface area contributed by atoms with Crippen molar-refractivity contribution in [2.45, 2.75) is 51.6 Å². The smallest absolute Gasteiger partial charge is 0.175 e. The highest BCUT2D eigenvalue weighted by Crippen LogP contribution is 2.38. The third-order valence-electron chi connectivity index (χ3n) is 4.23. The molecule has 112 valence electrons. The van der Waals surface area contributed by atoms with Crippen molar-refractivity contribution >= 4 is 15.9 Å². The molecular weight excluding hydrogens is 318 g/mol. The number of halogens is 1. The normalized spacial score (nSPS) is 16.6. The highest BCUT2D eigenvalue weighted by molar-refractivity contribution is 9.10. The number of ether oxygens (including phenoxy) is 2. The Hall–Kier alpha value is -0.740. The molecule has 0 radical (unpaired) electrons. The van der Waals surface area contributed by atoms with E-state index >= 15 is 0 Å². The van der Waals surface area contributed by atoms with Gasteiger partial charge in [-0.25, -0.2) is 0 Å². The van der Waals surface area contributed by atoms with Crippen LogP contribution in [-0.2, 0) is 6.54 Å². The SMILES string of the molecule is CCOc1c(Br)cc(CNC2(CC)CCC2)cc1OC.